The molecule has 0 spiro atoms. The maximum atomic E-state index is 5.07. The fourth-order valence-electron chi connectivity index (χ4n) is 1.94. The summed E-state index contributed by atoms with van der Waals surface area (Å²) in [5.41, 5.74) is 2.39. The van der Waals surface area contributed by atoms with Gasteiger partial charge < -0.3 is 15.0 Å². The molecule has 4 heteroatoms. The molecule has 0 bridgehead atoms. The second-order valence-corrected chi connectivity index (χ2v) is 4.86. The number of rotatable bonds is 9. The van der Waals surface area contributed by atoms with Gasteiger partial charge in [0.05, 0.1) is 0 Å². The Balaban J connectivity index is 2.54. The molecule has 0 fully saturated rings. The van der Waals surface area contributed by atoms with Crippen molar-refractivity contribution in [2.45, 2.75) is 33.2 Å². The second-order valence-electron chi connectivity index (χ2n) is 4.86. The lowest BCUT2D eigenvalue weighted by atomic mass is 10.2. The SMILES string of the molecule is CCCNCc1ccc(N(C)CCCOC)nc1C. The van der Waals surface area contributed by atoms with E-state index in [4.69, 9.17) is 4.74 Å². The molecule has 0 aliphatic heterocycles. The number of nitrogens with one attached hydrogen (secondary N) is 1. The molecule has 108 valence electrons. The topological polar surface area (TPSA) is 37.4 Å². The van der Waals surface area contributed by atoms with Gasteiger partial charge in [-0.05, 0) is 37.9 Å². The molecule has 0 saturated carbocycles. The van der Waals surface area contributed by atoms with E-state index in [1.54, 1.807) is 7.11 Å². The maximum absolute atomic E-state index is 5.07. The van der Waals surface area contributed by atoms with Gasteiger partial charge in [-0.15, -0.1) is 0 Å². The van der Waals surface area contributed by atoms with E-state index in [1.165, 1.54) is 5.56 Å². The number of methoxy groups -OCH3 is 1. The summed E-state index contributed by atoms with van der Waals surface area (Å²) < 4.78 is 5.07. The van der Waals surface area contributed by atoms with Crippen molar-refractivity contribution in [3.8, 4) is 0 Å². The van der Waals surface area contributed by atoms with Crippen LogP contribution >= 0.6 is 0 Å². The third-order valence-electron chi connectivity index (χ3n) is 3.16. The van der Waals surface area contributed by atoms with E-state index in [0.29, 0.717) is 0 Å². The predicted molar refractivity (Wildman–Crippen MR) is 80.7 cm³/mol. The van der Waals surface area contributed by atoms with Crippen LogP contribution in [0.15, 0.2) is 12.1 Å². The van der Waals surface area contributed by atoms with E-state index in [-0.39, 0.29) is 0 Å². The van der Waals surface area contributed by atoms with Crippen molar-refractivity contribution in [1.29, 1.82) is 0 Å². The van der Waals surface area contributed by atoms with Crippen LogP contribution in [0.25, 0.3) is 0 Å². The van der Waals surface area contributed by atoms with Crippen LogP contribution in [0.2, 0.25) is 0 Å². The Labute approximate surface area is 117 Å². The lowest BCUT2D eigenvalue weighted by molar-refractivity contribution is 0.196. The highest BCUT2D eigenvalue weighted by molar-refractivity contribution is 5.40. The summed E-state index contributed by atoms with van der Waals surface area (Å²) in [6, 6.07) is 4.27. The van der Waals surface area contributed by atoms with E-state index >= 15 is 0 Å². The molecule has 0 aromatic carbocycles. The van der Waals surface area contributed by atoms with Crippen molar-refractivity contribution in [1.82, 2.24) is 10.3 Å². The maximum Gasteiger partial charge on any atom is 0.128 e. The number of aryl methyl sites for hydroxylation is 1. The Morgan fingerprint density at radius 1 is 1.37 bits per heavy atom. The zero-order valence-electron chi connectivity index (χ0n) is 12.7. The number of aromatic nitrogens is 1. The number of ether oxygens (including phenoxy) is 1. The fourth-order valence-corrected chi connectivity index (χ4v) is 1.94. The molecule has 0 aliphatic carbocycles. The Kier molecular flexibility index (Phi) is 7.45. The molecule has 0 unspecified atom stereocenters. The minimum absolute atomic E-state index is 0.794. The molecule has 1 aromatic heterocycles. The summed E-state index contributed by atoms with van der Waals surface area (Å²) in [6.45, 7) is 7.97. The fraction of sp³-hybridized carbons (Fsp3) is 0.667. The second kappa shape index (κ2) is 8.88. The summed E-state index contributed by atoms with van der Waals surface area (Å²) in [5.74, 6) is 1.04. The summed E-state index contributed by atoms with van der Waals surface area (Å²) in [7, 11) is 3.81. The largest absolute Gasteiger partial charge is 0.385 e. The van der Waals surface area contributed by atoms with Crippen LogP contribution in [0.5, 0.6) is 0 Å². The highest BCUT2D eigenvalue weighted by atomic mass is 16.5. The van der Waals surface area contributed by atoms with Crippen LogP contribution in [0, 0.1) is 6.92 Å². The van der Waals surface area contributed by atoms with Gasteiger partial charge in [-0.2, -0.15) is 0 Å². The number of nitrogens with zero attached hydrogens (tertiary/aromatic N) is 2. The molecular weight excluding hydrogens is 238 g/mol. The molecule has 0 radical (unpaired) electrons. The van der Waals surface area contributed by atoms with E-state index in [2.05, 4.69) is 48.2 Å². The van der Waals surface area contributed by atoms with E-state index in [0.717, 1.165) is 50.6 Å². The van der Waals surface area contributed by atoms with Gasteiger partial charge in [-0.3, -0.25) is 0 Å². The smallest absolute Gasteiger partial charge is 0.128 e. The average Bonchev–Trinajstić information content (AvgIpc) is 2.41. The first-order valence-corrected chi connectivity index (χ1v) is 7.06. The van der Waals surface area contributed by atoms with Crippen molar-refractivity contribution in [2.24, 2.45) is 0 Å². The normalized spacial score (nSPS) is 10.7. The third kappa shape index (κ3) is 5.57. The first-order valence-electron chi connectivity index (χ1n) is 7.06. The predicted octanol–water partition coefficient (Wildman–Crippen LogP) is 2.36. The highest BCUT2D eigenvalue weighted by Crippen LogP contribution is 2.14. The van der Waals surface area contributed by atoms with Gasteiger partial charge in [0.1, 0.15) is 5.82 Å². The van der Waals surface area contributed by atoms with Crippen molar-refractivity contribution in [3.63, 3.8) is 0 Å². The minimum atomic E-state index is 0.794. The molecule has 1 rings (SSSR count). The number of anilines is 1. The third-order valence-corrected chi connectivity index (χ3v) is 3.16. The van der Waals surface area contributed by atoms with Gasteiger partial charge in [-0.1, -0.05) is 13.0 Å². The van der Waals surface area contributed by atoms with E-state index < -0.39 is 0 Å². The van der Waals surface area contributed by atoms with Crippen LogP contribution in [-0.4, -0.2) is 38.8 Å². The molecule has 19 heavy (non-hydrogen) atoms. The number of hydrogen-bond acceptors (Lipinski definition) is 4. The van der Waals surface area contributed by atoms with Gasteiger partial charge in [0.25, 0.3) is 0 Å². The zero-order valence-corrected chi connectivity index (χ0v) is 12.7. The average molecular weight is 265 g/mol. The van der Waals surface area contributed by atoms with Crippen molar-refractivity contribution in [2.75, 3.05) is 38.8 Å². The Hall–Kier alpha value is -1.13. The summed E-state index contributed by atoms with van der Waals surface area (Å²) in [4.78, 5) is 6.85. The lowest BCUT2D eigenvalue weighted by Crippen LogP contribution is -2.21. The zero-order chi connectivity index (χ0) is 14.1. The molecule has 1 heterocycles. The molecule has 0 amide bonds. The van der Waals surface area contributed by atoms with Gasteiger partial charge in [-0.25, -0.2) is 4.98 Å². The van der Waals surface area contributed by atoms with Crippen LogP contribution in [-0.2, 0) is 11.3 Å². The first kappa shape index (κ1) is 15.9. The quantitative estimate of drug-likeness (QED) is 0.696. The summed E-state index contributed by atoms with van der Waals surface area (Å²) in [6.07, 6.45) is 2.18. The minimum Gasteiger partial charge on any atom is -0.385 e. The molecule has 1 aromatic rings. The summed E-state index contributed by atoms with van der Waals surface area (Å²) >= 11 is 0. The first-order chi connectivity index (χ1) is 9.19. The van der Waals surface area contributed by atoms with Crippen LogP contribution in [0.4, 0.5) is 5.82 Å². The van der Waals surface area contributed by atoms with Crippen molar-refractivity contribution in [3.05, 3.63) is 23.4 Å². The van der Waals surface area contributed by atoms with Gasteiger partial charge in [0, 0.05) is 39.5 Å². The number of hydrogen-bond donors (Lipinski definition) is 1. The van der Waals surface area contributed by atoms with Gasteiger partial charge in [0.2, 0.25) is 0 Å². The van der Waals surface area contributed by atoms with E-state index in [9.17, 15) is 0 Å². The molecule has 1 N–H and O–H groups in total. The van der Waals surface area contributed by atoms with Crippen LogP contribution in [0.1, 0.15) is 31.0 Å². The van der Waals surface area contributed by atoms with Gasteiger partial charge >= 0.3 is 0 Å². The van der Waals surface area contributed by atoms with E-state index in [1.807, 2.05) is 0 Å². The standard InChI is InChI=1S/C15H27N3O/c1-5-9-16-12-14-7-8-15(17-13(14)2)18(3)10-6-11-19-4/h7-8,16H,5-6,9-12H2,1-4H3. The summed E-state index contributed by atoms with van der Waals surface area (Å²) in [5, 5.41) is 3.41. The Bertz CT molecular complexity index is 368. The molecule has 0 aliphatic rings. The van der Waals surface area contributed by atoms with Crippen molar-refractivity contribution < 1.29 is 4.74 Å². The van der Waals surface area contributed by atoms with Crippen LogP contribution in [0.3, 0.4) is 0 Å². The molecule has 0 saturated heterocycles. The molecular formula is C15H27N3O. The molecule has 0 atom stereocenters. The monoisotopic (exact) mass is 265 g/mol. The Morgan fingerprint density at radius 2 is 2.16 bits per heavy atom. The lowest BCUT2D eigenvalue weighted by Gasteiger charge is -2.19. The van der Waals surface area contributed by atoms with Crippen molar-refractivity contribution >= 4 is 5.82 Å². The number of pyridine rings is 1. The Morgan fingerprint density at radius 3 is 2.79 bits per heavy atom. The molecule has 4 nitrogen and oxygen atoms in total. The van der Waals surface area contributed by atoms with Crippen LogP contribution < -0.4 is 10.2 Å². The highest BCUT2D eigenvalue weighted by Gasteiger charge is 2.05. The van der Waals surface area contributed by atoms with Gasteiger partial charge in [0.15, 0.2) is 0 Å².